The van der Waals surface area contributed by atoms with E-state index >= 15 is 0 Å². The number of hydrogen-bond acceptors (Lipinski definition) is 2. The number of rotatable bonds is 5. The molecule has 1 aromatic carbocycles. The van der Waals surface area contributed by atoms with E-state index in [1.54, 1.807) is 24.3 Å². The van der Waals surface area contributed by atoms with Crippen LogP contribution in [0.15, 0.2) is 24.3 Å². The second-order valence-electron chi connectivity index (χ2n) is 3.24. The van der Waals surface area contributed by atoms with Gasteiger partial charge in [0.05, 0.1) is 6.61 Å². The standard InChI is InChI=1S/C11H13Cl2NO2/c1-2-3-8-16-14(13)11(15)9-4-6-10(12)7-5-9/h4-7H,2-3,8H2,1H3. The van der Waals surface area contributed by atoms with Crippen LogP contribution in [-0.2, 0) is 4.84 Å². The molecule has 0 saturated heterocycles. The Morgan fingerprint density at radius 1 is 1.38 bits per heavy atom. The van der Waals surface area contributed by atoms with Crippen molar-refractivity contribution in [2.24, 2.45) is 0 Å². The van der Waals surface area contributed by atoms with Crippen molar-refractivity contribution in [3.63, 3.8) is 0 Å². The largest absolute Gasteiger partial charge is 0.292 e. The number of nitrogens with zero attached hydrogens (tertiary/aromatic N) is 1. The van der Waals surface area contributed by atoms with Gasteiger partial charge in [0.2, 0.25) is 0 Å². The lowest BCUT2D eigenvalue weighted by Crippen LogP contribution is -2.22. The molecular weight excluding hydrogens is 249 g/mol. The van der Waals surface area contributed by atoms with Gasteiger partial charge in [-0.3, -0.25) is 9.63 Å². The summed E-state index contributed by atoms with van der Waals surface area (Å²) in [6.07, 6.45) is 1.84. The monoisotopic (exact) mass is 261 g/mol. The van der Waals surface area contributed by atoms with Gasteiger partial charge in [-0.15, -0.1) is 4.58 Å². The van der Waals surface area contributed by atoms with Gasteiger partial charge in [0, 0.05) is 22.4 Å². The number of carbonyl (C=O) groups excluding carboxylic acids is 1. The summed E-state index contributed by atoms with van der Waals surface area (Å²) in [6, 6.07) is 6.46. The van der Waals surface area contributed by atoms with Crippen LogP contribution in [0.5, 0.6) is 0 Å². The average molecular weight is 262 g/mol. The van der Waals surface area contributed by atoms with Gasteiger partial charge in [0.25, 0.3) is 5.91 Å². The van der Waals surface area contributed by atoms with Gasteiger partial charge in [0.15, 0.2) is 0 Å². The first-order chi connectivity index (χ1) is 7.65. The minimum absolute atomic E-state index is 0.394. The average Bonchev–Trinajstić information content (AvgIpc) is 2.29. The lowest BCUT2D eigenvalue weighted by Gasteiger charge is -2.12. The summed E-state index contributed by atoms with van der Waals surface area (Å²) in [5.41, 5.74) is 0.441. The zero-order valence-corrected chi connectivity index (χ0v) is 10.5. The quantitative estimate of drug-likeness (QED) is 0.460. The molecule has 0 aliphatic heterocycles. The van der Waals surface area contributed by atoms with Crippen molar-refractivity contribution < 1.29 is 9.63 Å². The highest BCUT2D eigenvalue weighted by molar-refractivity contribution is 6.30. The summed E-state index contributed by atoms with van der Waals surface area (Å²) in [4.78, 5) is 16.7. The first kappa shape index (κ1) is 13.3. The highest BCUT2D eigenvalue weighted by Crippen LogP contribution is 2.13. The number of amides is 1. The first-order valence-electron chi connectivity index (χ1n) is 5.04. The van der Waals surface area contributed by atoms with Crippen LogP contribution in [0.3, 0.4) is 0 Å². The molecule has 88 valence electrons. The molecule has 1 amide bonds. The Morgan fingerprint density at radius 3 is 2.56 bits per heavy atom. The molecular formula is C11H13Cl2NO2. The van der Waals surface area contributed by atoms with E-state index in [-0.39, 0.29) is 0 Å². The smallest absolute Gasteiger partial charge is 0.265 e. The summed E-state index contributed by atoms with van der Waals surface area (Å²) in [6.45, 7) is 2.46. The zero-order valence-electron chi connectivity index (χ0n) is 8.95. The maximum absolute atomic E-state index is 11.7. The summed E-state index contributed by atoms with van der Waals surface area (Å²) in [7, 11) is 0. The van der Waals surface area contributed by atoms with E-state index in [4.69, 9.17) is 28.2 Å². The van der Waals surface area contributed by atoms with Crippen molar-refractivity contribution in [2.45, 2.75) is 19.8 Å². The second-order valence-corrected chi connectivity index (χ2v) is 3.99. The molecule has 16 heavy (non-hydrogen) atoms. The number of unbranched alkanes of at least 4 members (excludes halogenated alkanes) is 1. The molecule has 0 heterocycles. The highest BCUT2D eigenvalue weighted by atomic mass is 35.5. The zero-order chi connectivity index (χ0) is 12.0. The third kappa shape index (κ3) is 4.00. The van der Waals surface area contributed by atoms with Crippen molar-refractivity contribution >= 4 is 29.3 Å². The second kappa shape index (κ2) is 6.74. The minimum atomic E-state index is -0.394. The SMILES string of the molecule is CCCCON(Cl)C(=O)c1ccc(Cl)cc1. The van der Waals surface area contributed by atoms with E-state index < -0.39 is 5.91 Å². The highest BCUT2D eigenvalue weighted by Gasteiger charge is 2.14. The third-order valence-corrected chi connectivity index (χ3v) is 2.46. The maximum Gasteiger partial charge on any atom is 0.292 e. The van der Waals surface area contributed by atoms with E-state index in [9.17, 15) is 4.79 Å². The Bertz CT molecular complexity index is 340. The topological polar surface area (TPSA) is 29.5 Å². The van der Waals surface area contributed by atoms with Gasteiger partial charge in [-0.1, -0.05) is 24.9 Å². The molecule has 0 aliphatic rings. The molecule has 0 unspecified atom stereocenters. The molecule has 0 saturated carbocycles. The molecule has 1 rings (SSSR count). The van der Waals surface area contributed by atoms with Crippen molar-refractivity contribution in [3.8, 4) is 0 Å². The lowest BCUT2D eigenvalue weighted by atomic mass is 10.2. The van der Waals surface area contributed by atoms with Gasteiger partial charge in [0.1, 0.15) is 0 Å². The van der Waals surface area contributed by atoms with Gasteiger partial charge in [-0.2, -0.15) is 0 Å². The van der Waals surface area contributed by atoms with Crippen molar-refractivity contribution in [1.29, 1.82) is 0 Å². The van der Waals surface area contributed by atoms with E-state index in [0.717, 1.165) is 17.4 Å². The number of carbonyl (C=O) groups is 1. The fourth-order valence-corrected chi connectivity index (χ4v) is 1.33. The molecule has 0 bridgehead atoms. The summed E-state index contributed by atoms with van der Waals surface area (Å²) in [5, 5.41) is 0.574. The lowest BCUT2D eigenvalue weighted by molar-refractivity contribution is -0.0596. The van der Waals surface area contributed by atoms with E-state index in [1.807, 2.05) is 6.92 Å². The molecule has 0 fully saturated rings. The molecule has 3 nitrogen and oxygen atoms in total. The van der Waals surface area contributed by atoms with Crippen molar-refractivity contribution in [3.05, 3.63) is 34.9 Å². The van der Waals surface area contributed by atoms with E-state index in [1.165, 1.54) is 0 Å². The molecule has 0 spiro atoms. The van der Waals surface area contributed by atoms with Crippen LogP contribution in [-0.4, -0.2) is 17.1 Å². The summed E-state index contributed by atoms with van der Waals surface area (Å²) >= 11 is 11.4. The fraction of sp³-hybridized carbons (Fsp3) is 0.364. The fourth-order valence-electron chi connectivity index (χ4n) is 1.04. The number of hydrogen-bond donors (Lipinski definition) is 0. The Labute approximate surface area is 105 Å². The summed E-state index contributed by atoms with van der Waals surface area (Å²) in [5.74, 6) is -0.394. The van der Waals surface area contributed by atoms with Crippen LogP contribution in [0.2, 0.25) is 5.02 Å². The van der Waals surface area contributed by atoms with Crippen LogP contribution >= 0.6 is 23.4 Å². The summed E-state index contributed by atoms with van der Waals surface area (Å²) < 4.78 is 0.735. The predicted molar refractivity (Wildman–Crippen MR) is 64.3 cm³/mol. The third-order valence-electron chi connectivity index (χ3n) is 1.95. The predicted octanol–water partition coefficient (Wildman–Crippen LogP) is 3.67. The number of benzene rings is 1. The van der Waals surface area contributed by atoms with Crippen molar-refractivity contribution in [2.75, 3.05) is 6.61 Å². The molecule has 0 N–H and O–H groups in total. The molecule has 0 aliphatic carbocycles. The van der Waals surface area contributed by atoms with Gasteiger partial charge in [-0.05, 0) is 30.7 Å². The van der Waals surface area contributed by atoms with Crippen LogP contribution in [0.1, 0.15) is 30.1 Å². The Morgan fingerprint density at radius 2 is 2.00 bits per heavy atom. The molecule has 0 atom stereocenters. The van der Waals surface area contributed by atoms with E-state index in [2.05, 4.69) is 0 Å². The first-order valence-corrected chi connectivity index (χ1v) is 5.75. The molecule has 0 aromatic heterocycles. The maximum atomic E-state index is 11.7. The Kier molecular flexibility index (Phi) is 5.60. The van der Waals surface area contributed by atoms with Gasteiger partial charge in [-0.25, -0.2) is 0 Å². The Hall–Kier alpha value is -0.770. The van der Waals surface area contributed by atoms with Crippen LogP contribution in [0.4, 0.5) is 0 Å². The normalized spacial score (nSPS) is 10.2. The number of hydroxylamine groups is 1. The van der Waals surface area contributed by atoms with Gasteiger partial charge < -0.3 is 0 Å². The van der Waals surface area contributed by atoms with E-state index in [0.29, 0.717) is 17.2 Å². The minimum Gasteiger partial charge on any atom is -0.265 e. The van der Waals surface area contributed by atoms with Crippen LogP contribution in [0.25, 0.3) is 0 Å². The van der Waals surface area contributed by atoms with Gasteiger partial charge >= 0.3 is 0 Å². The Balaban J connectivity index is 2.53. The molecule has 1 aromatic rings. The van der Waals surface area contributed by atoms with Crippen molar-refractivity contribution in [1.82, 2.24) is 4.58 Å². The molecule has 5 heteroatoms. The number of halogens is 2. The van der Waals surface area contributed by atoms with Crippen LogP contribution < -0.4 is 0 Å². The molecule has 0 radical (unpaired) electrons. The van der Waals surface area contributed by atoms with Crippen LogP contribution in [0, 0.1) is 0 Å².